The predicted molar refractivity (Wildman–Crippen MR) is 56.6 cm³/mol. The van der Waals surface area contributed by atoms with Crippen LogP contribution in [0.2, 0.25) is 0 Å². The smallest absolute Gasteiger partial charge is 0.147 e. The van der Waals surface area contributed by atoms with Gasteiger partial charge in [-0.2, -0.15) is 0 Å². The van der Waals surface area contributed by atoms with Gasteiger partial charge in [0.1, 0.15) is 5.82 Å². The van der Waals surface area contributed by atoms with E-state index >= 15 is 0 Å². The summed E-state index contributed by atoms with van der Waals surface area (Å²) in [5.41, 5.74) is 10.7. The first-order chi connectivity index (χ1) is 6.63. The van der Waals surface area contributed by atoms with Crippen molar-refractivity contribution in [3.05, 3.63) is 24.0 Å². The second-order valence-corrected chi connectivity index (χ2v) is 3.98. The third kappa shape index (κ3) is 3.17. The van der Waals surface area contributed by atoms with Crippen molar-refractivity contribution in [2.75, 3.05) is 18.0 Å². The highest BCUT2D eigenvalue weighted by molar-refractivity contribution is 7.99. The Labute approximate surface area is 86.3 Å². The summed E-state index contributed by atoms with van der Waals surface area (Å²) in [5, 5.41) is 9.18. The SMILES string of the molecule is NCC(O)CSc1ccc(N)c(F)c1. The van der Waals surface area contributed by atoms with E-state index in [9.17, 15) is 9.50 Å². The Hall–Kier alpha value is -0.780. The average molecular weight is 216 g/mol. The second kappa shape index (κ2) is 5.19. The highest BCUT2D eigenvalue weighted by Crippen LogP contribution is 2.22. The fraction of sp³-hybridized carbons (Fsp3) is 0.333. The van der Waals surface area contributed by atoms with Gasteiger partial charge < -0.3 is 16.6 Å². The molecule has 5 N–H and O–H groups in total. The summed E-state index contributed by atoms with van der Waals surface area (Å²) in [6, 6.07) is 4.57. The zero-order chi connectivity index (χ0) is 10.6. The van der Waals surface area contributed by atoms with Crippen LogP contribution in [0.1, 0.15) is 0 Å². The van der Waals surface area contributed by atoms with Crippen molar-refractivity contribution in [1.29, 1.82) is 0 Å². The average Bonchev–Trinajstić information content (AvgIpc) is 2.19. The second-order valence-electron chi connectivity index (χ2n) is 2.88. The third-order valence-corrected chi connectivity index (χ3v) is 2.83. The molecule has 0 heterocycles. The van der Waals surface area contributed by atoms with E-state index in [1.54, 1.807) is 6.07 Å². The number of benzene rings is 1. The Kier molecular flexibility index (Phi) is 4.19. The van der Waals surface area contributed by atoms with E-state index in [2.05, 4.69) is 0 Å². The summed E-state index contributed by atoms with van der Waals surface area (Å²) in [4.78, 5) is 0.740. The number of anilines is 1. The Balaban J connectivity index is 2.55. The van der Waals surface area contributed by atoms with Crippen molar-refractivity contribution in [1.82, 2.24) is 0 Å². The molecule has 1 atom stereocenters. The predicted octanol–water partition coefficient (Wildman–Crippen LogP) is 0.820. The van der Waals surface area contributed by atoms with Gasteiger partial charge in [-0.25, -0.2) is 4.39 Å². The Morgan fingerprint density at radius 1 is 1.50 bits per heavy atom. The minimum atomic E-state index is -0.555. The molecule has 1 rings (SSSR count). The van der Waals surface area contributed by atoms with Gasteiger partial charge in [-0.15, -0.1) is 11.8 Å². The molecule has 0 bridgehead atoms. The van der Waals surface area contributed by atoms with Gasteiger partial charge in [0.15, 0.2) is 0 Å². The van der Waals surface area contributed by atoms with Crippen molar-refractivity contribution in [3.63, 3.8) is 0 Å². The first-order valence-corrected chi connectivity index (χ1v) is 5.18. The Morgan fingerprint density at radius 2 is 2.21 bits per heavy atom. The number of thioether (sulfide) groups is 1. The molecule has 0 spiro atoms. The zero-order valence-electron chi connectivity index (χ0n) is 7.61. The van der Waals surface area contributed by atoms with E-state index in [-0.39, 0.29) is 12.2 Å². The van der Waals surface area contributed by atoms with E-state index in [1.807, 2.05) is 0 Å². The van der Waals surface area contributed by atoms with Crippen LogP contribution < -0.4 is 11.5 Å². The first kappa shape index (κ1) is 11.3. The van der Waals surface area contributed by atoms with E-state index in [0.29, 0.717) is 5.75 Å². The molecule has 0 aliphatic heterocycles. The van der Waals surface area contributed by atoms with Crippen LogP contribution in [0.4, 0.5) is 10.1 Å². The quantitative estimate of drug-likeness (QED) is 0.514. The van der Waals surface area contributed by atoms with Crippen molar-refractivity contribution in [2.24, 2.45) is 5.73 Å². The van der Waals surface area contributed by atoms with E-state index in [4.69, 9.17) is 11.5 Å². The molecule has 14 heavy (non-hydrogen) atoms. The van der Waals surface area contributed by atoms with Crippen LogP contribution in [0.3, 0.4) is 0 Å². The molecule has 0 aliphatic rings. The highest BCUT2D eigenvalue weighted by Gasteiger charge is 2.04. The van der Waals surface area contributed by atoms with Gasteiger partial charge in [0, 0.05) is 17.2 Å². The summed E-state index contributed by atoms with van der Waals surface area (Å²) >= 11 is 1.35. The van der Waals surface area contributed by atoms with Crippen LogP contribution in [0.15, 0.2) is 23.1 Å². The van der Waals surface area contributed by atoms with Crippen molar-refractivity contribution >= 4 is 17.4 Å². The summed E-state index contributed by atoms with van der Waals surface area (Å²) < 4.78 is 13.0. The molecule has 1 unspecified atom stereocenters. The van der Waals surface area contributed by atoms with Crippen LogP contribution in [0.5, 0.6) is 0 Å². The third-order valence-electron chi connectivity index (χ3n) is 1.69. The van der Waals surface area contributed by atoms with Gasteiger partial charge in [0.2, 0.25) is 0 Å². The van der Waals surface area contributed by atoms with Crippen LogP contribution >= 0.6 is 11.8 Å². The Morgan fingerprint density at radius 3 is 2.79 bits per heavy atom. The van der Waals surface area contributed by atoms with Gasteiger partial charge in [-0.3, -0.25) is 0 Å². The summed E-state index contributed by atoms with van der Waals surface area (Å²) in [6.45, 7) is 0.213. The van der Waals surface area contributed by atoms with E-state index < -0.39 is 11.9 Å². The van der Waals surface area contributed by atoms with Crippen LogP contribution in [-0.4, -0.2) is 23.5 Å². The monoisotopic (exact) mass is 216 g/mol. The fourth-order valence-corrected chi connectivity index (χ4v) is 1.73. The molecule has 1 aromatic rings. The number of hydrogen-bond donors (Lipinski definition) is 3. The Bertz CT molecular complexity index is 309. The van der Waals surface area contributed by atoms with Crippen molar-refractivity contribution in [2.45, 2.75) is 11.0 Å². The number of aliphatic hydroxyl groups excluding tert-OH is 1. The minimum Gasteiger partial charge on any atom is -0.396 e. The van der Waals surface area contributed by atoms with Gasteiger partial charge in [0.05, 0.1) is 11.8 Å². The lowest BCUT2D eigenvalue weighted by molar-refractivity contribution is 0.208. The molecular weight excluding hydrogens is 203 g/mol. The number of hydrogen-bond acceptors (Lipinski definition) is 4. The molecule has 0 fully saturated rings. The normalized spacial score (nSPS) is 12.8. The maximum atomic E-state index is 13.0. The summed E-state index contributed by atoms with van der Waals surface area (Å²) in [6.07, 6.45) is -0.555. The van der Waals surface area contributed by atoms with E-state index in [1.165, 1.54) is 23.9 Å². The topological polar surface area (TPSA) is 72.3 Å². The first-order valence-electron chi connectivity index (χ1n) is 4.19. The molecule has 0 aromatic heterocycles. The molecule has 1 aromatic carbocycles. The van der Waals surface area contributed by atoms with Gasteiger partial charge in [0.25, 0.3) is 0 Å². The van der Waals surface area contributed by atoms with Crippen molar-refractivity contribution in [3.8, 4) is 0 Å². The molecule has 0 aliphatic carbocycles. The number of halogens is 1. The molecule has 3 nitrogen and oxygen atoms in total. The fourth-order valence-electron chi connectivity index (χ4n) is 0.858. The summed E-state index contributed by atoms with van der Waals surface area (Å²) in [5.74, 6) is 0.0251. The standard InChI is InChI=1S/C9H13FN2OS/c10-8-3-7(1-2-9(8)12)14-5-6(13)4-11/h1-3,6,13H,4-5,11-12H2. The van der Waals surface area contributed by atoms with Gasteiger partial charge in [-0.05, 0) is 18.2 Å². The van der Waals surface area contributed by atoms with Gasteiger partial charge >= 0.3 is 0 Å². The number of nitrogen functional groups attached to an aromatic ring is 1. The molecule has 0 saturated carbocycles. The lowest BCUT2D eigenvalue weighted by atomic mass is 10.3. The number of nitrogens with two attached hydrogens (primary N) is 2. The van der Waals surface area contributed by atoms with Gasteiger partial charge in [-0.1, -0.05) is 0 Å². The summed E-state index contributed by atoms with van der Waals surface area (Å²) in [7, 11) is 0. The van der Waals surface area contributed by atoms with Crippen LogP contribution in [0, 0.1) is 5.82 Å². The molecular formula is C9H13FN2OS. The minimum absolute atomic E-state index is 0.133. The maximum Gasteiger partial charge on any atom is 0.147 e. The molecule has 5 heteroatoms. The largest absolute Gasteiger partial charge is 0.396 e. The lowest BCUT2D eigenvalue weighted by Gasteiger charge is -2.07. The maximum absolute atomic E-state index is 13.0. The number of aliphatic hydroxyl groups is 1. The van der Waals surface area contributed by atoms with Crippen molar-refractivity contribution < 1.29 is 9.50 Å². The van der Waals surface area contributed by atoms with E-state index in [0.717, 1.165) is 4.90 Å². The molecule has 0 amide bonds. The molecule has 0 radical (unpaired) electrons. The highest BCUT2D eigenvalue weighted by atomic mass is 32.2. The lowest BCUT2D eigenvalue weighted by Crippen LogP contribution is -2.21. The molecule has 78 valence electrons. The van der Waals surface area contributed by atoms with Crippen LogP contribution in [0.25, 0.3) is 0 Å². The zero-order valence-corrected chi connectivity index (χ0v) is 8.43. The van der Waals surface area contributed by atoms with Crippen LogP contribution in [-0.2, 0) is 0 Å². The molecule has 0 saturated heterocycles. The number of rotatable bonds is 4.